The zero-order valence-corrected chi connectivity index (χ0v) is 84.2. The van der Waals surface area contributed by atoms with E-state index < -0.39 is 41.7 Å². The number of benzene rings is 2. The first-order valence-electron chi connectivity index (χ1n) is 19.1. The average molecular weight is 1890 g/mol. The first-order valence-corrected chi connectivity index (χ1v) is 94.1. The van der Waals surface area contributed by atoms with Gasteiger partial charge in [0, 0.05) is 37.8 Å². The summed E-state index contributed by atoms with van der Waals surface area (Å²) in [7, 11) is 75.1. The van der Waals surface area contributed by atoms with Crippen LogP contribution in [-0.2, 0) is 7.05 Å². The lowest BCUT2D eigenvalue weighted by Gasteiger charge is -2.56. The van der Waals surface area contributed by atoms with Crippen molar-refractivity contribution in [2.75, 3.05) is 14.2 Å². The first-order chi connectivity index (χ1) is 35.6. The Morgan fingerprint density at radius 1 is 0.649 bits per heavy atom. The number of halogens is 5. The molecule has 3 rings (SSSR count). The Bertz CT molecular complexity index is 2090. The van der Waals surface area contributed by atoms with Gasteiger partial charge in [0.15, 0.2) is 23.7 Å². The topological polar surface area (TPSA) is 123 Å². The molecule has 440 valence electrons. The van der Waals surface area contributed by atoms with Crippen LogP contribution in [0, 0.1) is 23.3 Å². The number of hydrogen-bond acceptors (Lipinski definition) is 7. The number of allylic oxidation sites excluding steroid dienone is 1. The summed E-state index contributed by atoms with van der Waals surface area (Å²) >= 11 is 3.20. The van der Waals surface area contributed by atoms with Crippen LogP contribution in [0.5, 0.6) is 5.75 Å². The lowest BCUT2D eigenvalue weighted by molar-refractivity contribution is 0.111. The van der Waals surface area contributed by atoms with E-state index in [1.165, 1.54) is 12.3 Å². The minimum atomic E-state index is -1.89. The Labute approximate surface area is 535 Å². The SMILES string of the molecule is CN=CC=C(N)c1cc(F)c(C=O)c(F)c1.COc1c(F)cc(B(O)O)cc1F.Cn1ccc(Br)n1.PPP(P(P)P)P(P(P)P)P(P(P(P(P)P)P(P)P)P(P(P)P)P(P)P)P(P(P(P)P)P(P)P)P(P(P)P)P(P)P. The summed E-state index contributed by atoms with van der Waals surface area (Å²) in [6.07, 6.45) is 4.82. The van der Waals surface area contributed by atoms with Crippen molar-refractivity contribution in [3.05, 3.63) is 81.6 Å². The van der Waals surface area contributed by atoms with Crippen molar-refractivity contribution in [1.82, 2.24) is 9.78 Å². The number of ether oxygens (including phenoxy) is 1. The molecule has 2 aromatic carbocycles. The molecule has 55 heteroatoms. The van der Waals surface area contributed by atoms with Gasteiger partial charge >= 0.3 is 7.12 Å². The molecule has 0 aliphatic carbocycles. The van der Waals surface area contributed by atoms with Crippen molar-refractivity contribution in [3.8, 4) is 5.75 Å². The molecular weight excluding hydrogens is 1820 g/mol. The van der Waals surface area contributed by atoms with Gasteiger partial charge in [0.25, 0.3) is 0 Å². The Hall–Kier alpha value is 14.1. The molecule has 8 nitrogen and oxygen atoms in total. The zero-order valence-electron chi connectivity index (χ0n) is 40.4. The number of carbonyl (C=O) groups is 1. The van der Waals surface area contributed by atoms with Gasteiger partial charge in [0.2, 0.25) is 0 Å². The third-order valence-electron chi connectivity index (χ3n) is 7.62. The molecule has 24 atom stereocenters. The molecule has 1 heterocycles. The summed E-state index contributed by atoms with van der Waals surface area (Å²) in [5.41, 5.74) is 5.04. The van der Waals surface area contributed by atoms with E-state index in [4.69, 9.17) is 15.8 Å². The van der Waals surface area contributed by atoms with Crippen molar-refractivity contribution in [2.45, 2.75) is 0 Å². The molecule has 24 unspecified atom stereocenters. The lowest BCUT2D eigenvalue weighted by atomic mass is 9.80. The number of methoxy groups -OCH3 is 1. The Kier molecular flexibility index (Phi) is 58.7. The Morgan fingerprint density at radius 2 is 1.00 bits per heavy atom. The molecule has 3 aromatic rings. The second-order valence-electron chi connectivity index (χ2n) is 13.1. The monoisotopic (exact) mass is 1890 g/mol. The van der Waals surface area contributed by atoms with Gasteiger partial charge in [-0.1, -0.05) is 7.96 Å². The van der Waals surface area contributed by atoms with Crippen LogP contribution in [0.2, 0.25) is 0 Å². The number of rotatable bonds is 24. The molecule has 0 aliphatic heterocycles. The molecule has 0 saturated carbocycles. The van der Waals surface area contributed by atoms with Gasteiger partial charge in [-0.25, -0.2) is 17.6 Å². The van der Waals surface area contributed by atoms with Crippen LogP contribution in [-0.4, -0.2) is 53.6 Å². The fraction of sp³-hybridized carbons (Fsp3) is 0.136. The highest BCUT2D eigenvalue weighted by Gasteiger charge is 2.55. The highest BCUT2D eigenvalue weighted by Crippen LogP contribution is 3.43. The number of hydrogen-bond donors (Lipinski definition) is 3. The number of aldehydes is 1. The molecule has 77 heavy (non-hydrogen) atoms. The number of aromatic nitrogens is 2. The van der Waals surface area contributed by atoms with Gasteiger partial charge in [-0.15, -0.1) is 187 Å². The fourth-order valence-electron chi connectivity index (χ4n) is 4.76. The van der Waals surface area contributed by atoms with Gasteiger partial charge in [-0.05, 0) is 191 Å². The maximum Gasteiger partial charge on any atom is 0.488 e. The zero-order chi connectivity index (χ0) is 60.1. The number of carbonyl (C=O) groups excluding carboxylic acids is 1. The number of aryl methyl sites for hydroxylation is 1. The van der Waals surface area contributed by atoms with Crippen LogP contribution >= 0.6 is 344 Å². The molecule has 0 aliphatic rings. The van der Waals surface area contributed by atoms with Gasteiger partial charge in [-0.2, -0.15) is 5.10 Å². The third-order valence-corrected chi connectivity index (χ3v) is 287. The number of nitrogens with two attached hydrogens (primary N) is 1. The minimum Gasteiger partial charge on any atom is -0.491 e. The third kappa shape index (κ3) is 33.2. The first kappa shape index (κ1) is 91.1. The summed E-state index contributed by atoms with van der Waals surface area (Å²) < 4.78 is 59.2. The average Bonchev–Trinajstić information content (AvgIpc) is 3.68. The van der Waals surface area contributed by atoms with Gasteiger partial charge < -0.3 is 20.5 Å². The molecule has 0 amide bonds. The van der Waals surface area contributed by atoms with E-state index in [9.17, 15) is 22.4 Å². The normalized spacial score (nSPS) is 13.5. The molecule has 0 spiro atoms. The predicted octanol–water partition coefficient (Wildman–Crippen LogP) is 26.4. The van der Waals surface area contributed by atoms with E-state index in [1.807, 2.05) is 19.3 Å². The summed E-state index contributed by atoms with van der Waals surface area (Å²) in [5, 5.41) is 21.2. The number of aliphatic imine (C=N–C) groups is 1. The van der Waals surface area contributed by atoms with Crippen LogP contribution in [0.3, 0.4) is 0 Å². The van der Waals surface area contributed by atoms with E-state index in [0.717, 1.165) is 43.9 Å². The quantitative estimate of drug-likeness (QED) is 0.0270. The lowest BCUT2D eigenvalue weighted by Crippen LogP contribution is -2.30. The van der Waals surface area contributed by atoms with Crippen molar-refractivity contribution in [3.63, 3.8) is 0 Å². The summed E-state index contributed by atoms with van der Waals surface area (Å²) in [5.74, 6) is -4.34. The Balaban J connectivity index is 0.00000127. The second-order valence-corrected chi connectivity index (χ2v) is 179. The maximum atomic E-state index is 13.2. The minimum absolute atomic E-state index is 0.00702. The van der Waals surface area contributed by atoms with Gasteiger partial charge in [0.1, 0.15) is 16.2 Å². The summed E-state index contributed by atoms with van der Waals surface area (Å²) in [4.78, 5) is 14.0. The Morgan fingerprint density at radius 3 is 1.22 bits per heavy atom. The van der Waals surface area contributed by atoms with E-state index >= 15 is 0 Å². The fourth-order valence-corrected chi connectivity index (χ4v) is 571. The van der Waals surface area contributed by atoms with Crippen LogP contribution < -0.4 is 15.9 Å². The molecule has 1 aromatic heterocycles. The molecule has 0 bridgehead atoms. The maximum absolute atomic E-state index is 13.2. The molecule has 0 saturated heterocycles. The summed E-state index contributed by atoms with van der Waals surface area (Å²) in [6, 6.07) is 5.49. The van der Waals surface area contributed by atoms with Crippen molar-refractivity contribution in [1.29, 1.82) is 0 Å². The van der Waals surface area contributed by atoms with Crippen LogP contribution in [0.1, 0.15) is 15.9 Å². The van der Waals surface area contributed by atoms with Crippen molar-refractivity contribution in [2.24, 2.45) is 17.8 Å². The van der Waals surface area contributed by atoms with Crippen LogP contribution in [0.4, 0.5) is 17.6 Å². The molecular formula is C22H65BBrF4N4O4P41. The van der Waals surface area contributed by atoms with E-state index in [1.54, 1.807) is 11.7 Å². The largest absolute Gasteiger partial charge is 0.491 e. The standard InChI is InChI=1S/C11H10F2N2O.C7H7BF2O3.C4H5BrN2.H43P41/c1-15-3-2-11(14)7-4-9(12)8(6-16)10(13)5-7;1-13-7-5(9)2-4(8(11)12)3-6(7)10;1-7-3-2-4(5)6-7;1-22-33(23(2)3)38(32(20)21)41(39(34(24(4)5)25(6)7)35(26(8)9)27(10)11)40(36(28(12)13)29(14)15)37(30(16)17)31(18)19/h2-6H,14H2,1H3;2-3,11-12H,1H3;2-3H,1H3;22H,1-21H2. The van der Waals surface area contributed by atoms with E-state index in [2.05, 4.69) is 218 Å². The molecule has 0 radical (unpaired) electrons. The van der Waals surface area contributed by atoms with Crippen molar-refractivity contribution < 1.29 is 37.1 Å². The molecule has 0 fully saturated rings. The summed E-state index contributed by atoms with van der Waals surface area (Å²) in [6.45, 7) is -1.63. The highest BCUT2D eigenvalue weighted by molar-refractivity contribution is 9.49. The smallest absolute Gasteiger partial charge is 0.488 e. The van der Waals surface area contributed by atoms with E-state index in [0.29, 0.717) is 0 Å². The highest BCUT2D eigenvalue weighted by atomic mass is 79.9. The van der Waals surface area contributed by atoms with E-state index in [-0.39, 0.29) is 156 Å². The van der Waals surface area contributed by atoms with Gasteiger partial charge in [-0.3, -0.25) is 14.5 Å². The van der Waals surface area contributed by atoms with Crippen LogP contribution in [0.25, 0.3) is 5.70 Å². The molecule has 4 N–H and O–H groups in total. The predicted molar refractivity (Wildman–Crippen MR) is 476 cm³/mol. The van der Waals surface area contributed by atoms with Crippen molar-refractivity contribution >= 4 is 375 Å². The number of nitrogens with zero attached hydrogens (tertiary/aromatic N) is 3. The second kappa shape index (κ2) is 49.6. The van der Waals surface area contributed by atoms with Crippen LogP contribution in [0.15, 0.2) is 52.2 Å². The van der Waals surface area contributed by atoms with Gasteiger partial charge in [0.05, 0.1) is 12.7 Å².